The monoisotopic (exact) mass is 695 g/mol. The Morgan fingerprint density at radius 2 is 1.48 bits per heavy atom. The van der Waals surface area contributed by atoms with Crippen LogP contribution in [0.3, 0.4) is 0 Å². The Kier molecular flexibility index (Phi) is 15.8. The van der Waals surface area contributed by atoms with E-state index in [-0.39, 0.29) is 23.7 Å². The average Bonchev–Trinajstić information content (AvgIpc) is 3.43. The Labute approximate surface area is 308 Å². The first-order valence-corrected chi connectivity index (χ1v) is 21.5. The smallest absolute Gasteiger partial charge is 0.306 e. The third-order valence-corrected chi connectivity index (χ3v) is 14.6. The third kappa shape index (κ3) is 9.77. The molecular weight excluding hydrogens is 617 g/mol. The molecule has 0 aromatic rings. The molecule has 0 saturated heterocycles. The maximum Gasteiger partial charge on any atom is 0.306 e. The van der Waals surface area contributed by atoms with Crippen LogP contribution in [0.25, 0.3) is 0 Å². The SMILES string of the molecule is CCCCCCCC/C=C\CCCCCCCC(=O)O[C@H]1C=C2[C@@H]3CC[C@H]([C@H](C)/C=C/[C@H](C)C(C)C)[C@@]3(C)CC[C@@H]2[C@@]2(C)CC[C@H](O)C[C@]12O. The van der Waals surface area contributed by atoms with Crippen LogP contribution in [0.2, 0.25) is 0 Å². The summed E-state index contributed by atoms with van der Waals surface area (Å²) in [5, 5.41) is 23.3. The van der Waals surface area contributed by atoms with Gasteiger partial charge in [0.2, 0.25) is 0 Å². The highest BCUT2D eigenvalue weighted by Gasteiger charge is 2.66. The van der Waals surface area contributed by atoms with Gasteiger partial charge in [0.1, 0.15) is 11.7 Å². The number of allylic oxidation sites excluding steroid dienone is 5. The number of carbonyl (C=O) groups is 1. The van der Waals surface area contributed by atoms with E-state index in [1.165, 1.54) is 82.6 Å². The van der Waals surface area contributed by atoms with E-state index in [0.717, 1.165) is 38.5 Å². The summed E-state index contributed by atoms with van der Waals surface area (Å²) in [6, 6.07) is 0. The summed E-state index contributed by atoms with van der Waals surface area (Å²) in [7, 11) is 0. The highest BCUT2D eigenvalue weighted by Crippen LogP contribution is 2.68. The van der Waals surface area contributed by atoms with Crippen molar-refractivity contribution in [3.05, 3.63) is 36.0 Å². The van der Waals surface area contributed by atoms with Gasteiger partial charge in [0, 0.05) is 18.3 Å². The summed E-state index contributed by atoms with van der Waals surface area (Å²) in [4.78, 5) is 13.4. The molecule has 0 heterocycles. The first-order chi connectivity index (χ1) is 23.9. The number of ether oxygens (including phenoxy) is 1. The third-order valence-electron chi connectivity index (χ3n) is 14.6. The van der Waals surface area contributed by atoms with Crippen molar-refractivity contribution in [1.29, 1.82) is 0 Å². The Balaban J connectivity index is 1.31. The van der Waals surface area contributed by atoms with E-state index in [4.69, 9.17) is 4.74 Å². The van der Waals surface area contributed by atoms with Crippen LogP contribution in [-0.2, 0) is 9.53 Å². The van der Waals surface area contributed by atoms with Crippen molar-refractivity contribution in [2.75, 3.05) is 0 Å². The zero-order valence-corrected chi connectivity index (χ0v) is 33.6. The molecule has 50 heavy (non-hydrogen) atoms. The molecular formula is C46H78O4. The van der Waals surface area contributed by atoms with E-state index in [0.29, 0.717) is 42.4 Å². The minimum atomic E-state index is -1.23. The van der Waals surface area contributed by atoms with Crippen molar-refractivity contribution in [1.82, 2.24) is 0 Å². The van der Waals surface area contributed by atoms with Crippen LogP contribution in [0.15, 0.2) is 36.0 Å². The summed E-state index contributed by atoms with van der Waals surface area (Å²) in [5.41, 5.74) is 0.0366. The number of esters is 1. The van der Waals surface area contributed by atoms with Crippen LogP contribution in [0.5, 0.6) is 0 Å². The predicted octanol–water partition coefficient (Wildman–Crippen LogP) is 12.1. The molecule has 0 radical (unpaired) electrons. The van der Waals surface area contributed by atoms with E-state index in [2.05, 4.69) is 78.8 Å². The predicted molar refractivity (Wildman–Crippen MR) is 210 cm³/mol. The molecule has 0 spiro atoms. The summed E-state index contributed by atoms with van der Waals surface area (Å²) >= 11 is 0. The van der Waals surface area contributed by atoms with Gasteiger partial charge >= 0.3 is 5.97 Å². The second-order valence-electron chi connectivity index (χ2n) is 18.3. The molecule has 3 fully saturated rings. The van der Waals surface area contributed by atoms with Crippen LogP contribution in [-0.4, -0.2) is 34.0 Å². The Bertz CT molecular complexity index is 1140. The van der Waals surface area contributed by atoms with Gasteiger partial charge in [0.25, 0.3) is 0 Å². The molecule has 0 aromatic heterocycles. The lowest BCUT2D eigenvalue weighted by molar-refractivity contribution is -0.222. The number of hydrogen-bond acceptors (Lipinski definition) is 4. The fraction of sp³-hybridized carbons (Fsp3) is 0.848. The summed E-state index contributed by atoms with van der Waals surface area (Å²) in [6.45, 7) is 16.4. The number of aliphatic hydroxyl groups is 2. The van der Waals surface area contributed by atoms with Gasteiger partial charge in [0.15, 0.2) is 0 Å². The van der Waals surface area contributed by atoms with Gasteiger partial charge in [-0.15, -0.1) is 0 Å². The van der Waals surface area contributed by atoms with Crippen LogP contribution in [0, 0.1) is 46.3 Å². The van der Waals surface area contributed by atoms with Crippen LogP contribution in [0.1, 0.15) is 183 Å². The molecule has 10 atom stereocenters. The molecule has 0 aromatic carbocycles. The molecule has 0 aliphatic heterocycles. The highest BCUT2D eigenvalue weighted by atomic mass is 16.6. The first-order valence-electron chi connectivity index (χ1n) is 21.5. The van der Waals surface area contributed by atoms with E-state index >= 15 is 0 Å². The van der Waals surface area contributed by atoms with Crippen molar-refractivity contribution in [3.8, 4) is 0 Å². The first kappa shape index (κ1) is 41.4. The highest BCUT2D eigenvalue weighted by molar-refractivity contribution is 5.70. The van der Waals surface area contributed by atoms with Crippen molar-refractivity contribution in [2.24, 2.45) is 46.3 Å². The quantitative estimate of drug-likeness (QED) is 0.0756. The second kappa shape index (κ2) is 19.1. The van der Waals surface area contributed by atoms with E-state index in [1.54, 1.807) is 0 Å². The number of hydrogen-bond donors (Lipinski definition) is 2. The normalized spacial score (nSPS) is 35.2. The fourth-order valence-corrected chi connectivity index (χ4v) is 10.8. The second-order valence-corrected chi connectivity index (χ2v) is 18.3. The van der Waals surface area contributed by atoms with Gasteiger partial charge in [-0.25, -0.2) is 0 Å². The minimum Gasteiger partial charge on any atom is -0.455 e. The standard InChI is InChI=1S/C46H78O4/c1-8-9-10-11-12-13-14-15-16-17-18-19-20-21-22-23-43(48)50-42-32-38-40-27-26-39(36(5)25-24-35(4)34(2)3)44(40,6)30-29-41(38)45(7)31-28-37(47)33-46(42,45)49/h15-16,24-25,32,34-37,39-42,47,49H,8-14,17-23,26-31,33H2,1-7H3/b16-15-,25-24+/t35-,36+,37-,39+,40-,41-,42-,44+,45+,46-/m0/s1. The van der Waals surface area contributed by atoms with Crippen molar-refractivity contribution >= 4 is 5.97 Å². The van der Waals surface area contributed by atoms with E-state index in [9.17, 15) is 15.0 Å². The lowest BCUT2D eigenvalue weighted by Gasteiger charge is -2.62. The molecule has 0 amide bonds. The number of unbranched alkanes of at least 4 members (excludes halogenated alkanes) is 11. The van der Waals surface area contributed by atoms with Gasteiger partial charge < -0.3 is 14.9 Å². The van der Waals surface area contributed by atoms with Crippen LogP contribution in [0.4, 0.5) is 0 Å². The fourth-order valence-electron chi connectivity index (χ4n) is 10.8. The number of fused-ring (bicyclic) bond motifs is 5. The molecule has 4 nitrogen and oxygen atoms in total. The van der Waals surface area contributed by atoms with Crippen molar-refractivity contribution < 1.29 is 19.7 Å². The zero-order valence-electron chi connectivity index (χ0n) is 33.6. The lowest BCUT2D eigenvalue weighted by Crippen LogP contribution is -2.66. The number of carbonyl (C=O) groups excluding carboxylic acids is 1. The Hall–Kier alpha value is -1.39. The average molecular weight is 695 g/mol. The van der Waals surface area contributed by atoms with Crippen molar-refractivity contribution in [2.45, 2.75) is 201 Å². The van der Waals surface area contributed by atoms with Gasteiger partial charge in [-0.3, -0.25) is 4.79 Å². The molecule has 4 rings (SSSR count). The summed E-state index contributed by atoms with van der Waals surface area (Å²) in [5.74, 6) is 2.95. The van der Waals surface area contributed by atoms with Crippen molar-refractivity contribution in [3.63, 3.8) is 0 Å². The molecule has 4 aliphatic carbocycles. The van der Waals surface area contributed by atoms with Gasteiger partial charge in [-0.1, -0.05) is 130 Å². The Morgan fingerprint density at radius 3 is 2.14 bits per heavy atom. The number of rotatable bonds is 20. The van der Waals surface area contributed by atoms with Crippen LogP contribution < -0.4 is 0 Å². The molecule has 3 saturated carbocycles. The number of aliphatic hydroxyl groups excluding tert-OH is 1. The summed E-state index contributed by atoms with van der Waals surface area (Å²) < 4.78 is 6.29. The van der Waals surface area contributed by atoms with Gasteiger partial charge in [0.05, 0.1) is 6.10 Å². The molecule has 0 bridgehead atoms. The molecule has 4 heteroatoms. The van der Waals surface area contributed by atoms with E-state index in [1.807, 2.05) is 0 Å². The van der Waals surface area contributed by atoms with Gasteiger partial charge in [-0.2, -0.15) is 0 Å². The van der Waals surface area contributed by atoms with Gasteiger partial charge in [-0.05, 0) is 118 Å². The topological polar surface area (TPSA) is 66.8 Å². The van der Waals surface area contributed by atoms with Crippen LogP contribution >= 0.6 is 0 Å². The van der Waals surface area contributed by atoms with E-state index < -0.39 is 23.2 Å². The molecule has 0 unspecified atom stereocenters. The molecule has 2 N–H and O–H groups in total. The minimum absolute atomic E-state index is 0.195. The molecule has 286 valence electrons. The summed E-state index contributed by atoms with van der Waals surface area (Å²) in [6.07, 6.45) is 33.4. The lowest BCUT2D eigenvalue weighted by atomic mass is 9.45. The maximum absolute atomic E-state index is 13.4. The maximum atomic E-state index is 13.4. The largest absolute Gasteiger partial charge is 0.455 e. The Morgan fingerprint density at radius 1 is 0.840 bits per heavy atom. The molecule has 4 aliphatic rings. The zero-order chi connectivity index (χ0) is 36.4.